The molecule has 2 heterocycles. The number of rotatable bonds is 3. The number of carboxylic acid groups (broad SMARTS) is 1. The number of pyridine rings is 1. The van der Waals surface area contributed by atoms with Crippen molar-refractivity contribution in [1.29, 1.82) is 0 Å². The van der Waals surface area contributed by atoms with Crippen molar-refractivity contribution < 1.29 is 14.3 Å². The van der Waals surface area contributed by atoms with Crippen molar-refractivity contribution in [3.05, 3.63) is 65.5 Å². The molecule has 1 fully saturated rings. The molecule has 1 saturated heterocycles. The lowest BCUT2D eigenvalue weighted by Gasteiger charge is -2.37. The maximum absolute atomic E-state index is 14.0. The number of aromatic carboxylic acids is 1. The minimum atomic E-state index is -1.25. The first-order valence-corrected chi connectivity index (χ1v) is 8.92. The van der Waals surface area contributed by atoms with Gasteiger partial charge in [-0.05, 0) is 42.8 Å². The monoisotopic (exact) mass is 365 g/mol. The van der Waals surface area contributed by atoms with E-state index in [1.807, 2.05) is 18.2 Å². The first kappa shape index (κ1) is 17.3. The first-order valence-electron chi connectivity index (χ1n) is 8.92. The second-order valence-electron chi connectivity index (χ2n) is 6.76. The lowest BCUT2D eigenvalue weighted by molar-refractivity contribution is 0.0692. The van der Waals surface area contributed by atoms with E-state index in [4.69, 9.17) is 10.1 Å². The van der Waals surface area contributed by atoms with E-state index in [-0.39, 0.29) is 5.56 Å². The molecule has 0 atom stereocenters. The summed E-state index contributed by atoms with van der Waals surface area (Å²) >= 11 is 0. The molecule has 0 amide bonds. The van der Waals surface area contributed by atoms with Crippen LogP contribution in [0.15, 0.2) is 48.5 Å². The molecular formula is C21H20FN3O2. The van der Waals surface area contributed by atoms with Crippen LogP contribution in [-0.4, -0.2) is 42.2 Å². The molecule has 3 aromatic rings. The van der Waals surface area contributed by atoms with E-state index in [2.05, 4.69) is 28.9 Å². The van der Waals surface area contributed by atoms with Crippen molar-refractivity contribution in [3.8, 4) is 0 Å². The van der Waals surface area contributed by atoms with Gasteiger partial charge in [0.15, 0.2) is 0 Å². The molecular weight excluding hydrogens is 345 g/mol. The standard InChI is InChI=1S/C21H20FN3O2/c1-14-12-15-4-2-3-5-19(15)23-20(14)25-10-8-24(9-11-25)16-6-7-17(21(26)27)18(22)13-16/h2-7,12-13H,8-11H2,1H3,(H,26,27). The van der Waals surface area contributed by atoms with E-state index in [9.17, 15) is 9.18 Å². The third-order valence-electron chi connectivity index (χ3n) is 5.02. The van der Waals surface area contributed by atoms with Gasteiger partial charge >= 0.3 is 5.97 Å². The minimum absolute atomic E-state index is 0.298. The maximum Gasteiger partial charge on any atom is 0.338 e. The number of aryl methyl sites for hydroxylation is 1. The third-order valence-corrected chi connectivity index (χ3v) is 5.02. The van der Waals surface area contributed by atoms with E-state index in [0.29, 0.717) is 5.69 Å². The summed E-state index contributed by atoms with van der Waals surface area (Å²) in [4.78, 5) is 20.1. The summed E-state index contributed by atoms with van der Waals surface area (Å²) < 4.78 is 14.0. The number of anilines is 2. The highest BCUT2D eigenvalue weighted by Gasteiger charge is 2.21. The Morgan fingerprint density at radius 3 is 2.44 bits per heavy atom. The largest absolute Gasteiger partial charge is 0.478 e. The third kappa shape index (κ3) is 3.30. The van der Waals surface area contributed by atoms with Crippen LogP contribution in [0.5, 0.6) is 0 Å². The number of halogens is 1. The van der Waals surface area contributed by atoms with Crippen LogP contribution in [-0.2, 0) is 0 Å². The fraction of sp³-hybridized carbons (Fsp3) is 0.238. The van der Waals surface area contributed by atoms with Crippen LogP contribution in [0.3, 0.4) is 0 Å². The number of hydrogen-bond acceptors (Lipinski definition) is 4. The second-order valence-corrected chi connectivity index (χ2v) is 6.76. The highest BCUT2D eigenvalue weighted by atomic mass is 19.1. The Kier molecular flexibility index (Phi) is 4.39. The number of benzene rings is 2. The summed E-state index contributed by atoms with van der Waals surface area (Å²) in [5, 5.41) is 10.1. The van der Waals surface area contributed by atoms with Crippen LogP contribution in [0.1, 0.15) is 15.9 Å². The second kappa shape index (κ2) is 6.87. The molecule has 1 aromatic heterocycles. The van der Waals surface area contributed by atoms with E-state index < -0.39 is 11.8 Å². The molecule has 0 bridgehead atoms. The van der Waals surface area contributed by atoms with Gasteiger partial charge in [0.05, 0.1) is 11.1 Å². The zero-order chi connectivity index (χ0) is 19.0. The number of piperazine rings is 1. The molecule has 1 aliphatic heterocycles. The fourth-order valence-electron chi connectivity index (χ4n) is 3.58. The van der Waals surface area contributed by atoms with E-state index in [0.717, 1.165) is 48.5 Å². The summed E-state index contributed by atoms with van der Waals surface area (Å²) in [5.74, 6) is -0.961. The van der Waals surface area contributed by atoms with Gasteiger partial charge in [-0.3, -0.25) is 0 Å². The first-order chi connectivity index (χ1) is 13.0. The van der Waals surface area contributed by atoms with Crippen LogP contribution in [0.4, 0.5) is 15.9 Å². The molecule has 4 rings (SSSR count). The molecule has 0 spiro atoms. The molecule has 2 aromatic carbocycles. The number of nitrogens with zero attached hydrogens (tertiary/aromatic N) is 3. The maximum atomic E-state index is 14.0. The molecule has 0 radical (unpaired) electrons. The number of carboxylic acids is 1. The van der Waals surface area contributed by atoms with Crippen LogP contribution in [0.2, 0.25) is 0 Å². The number of hydrogen-bond donors (Lipinski definition) is 1. The Bertz CT molecular complexity index is 1010. The van der Waals surface area contributed by atoms with Gasteiger partial charge in [-0.2, -0.15) is 0 Å². The molecule has 0 aliphatic carbocycles. The number of carbonyl (C=O) groups is 1. The van der Waals surface area contributed by atoms with Gasteiger partial charge in [0, 0.05) is 37.3 Å². The Balaban J connectivity index is 1.51. The van der Waals surface area contributed by atoms with E-state index in [1.165, 1.54) is 12.1 Å². The molecule has 27 heavy (non-hydrogen) atoms. The lowest BCUT2D eigenvalue weighted by atomic mass is 10.1. The topological polar surface area (TPSA) is 56.7 Å². The minimum Gasteiger partial charge on any atom is -0.478 e. The van der Waals surface area contributed by atoms with Crippen molar-refractivity contribution in [2.45, 2.75) is 6.92 Å². The van der Waals surface area contributed by atoms with Crippen LogP contribution in [0, 0.1) is 12.7 Å². The number of aromatic nitrogens is 1. The van der Waals surface area contributed by atoms with Gasteiger partial charge in [-0.1, -0.05) is 18.2 Å². The quantitative estimate of drug-likeness (QED) is 0.767. The summed E-state index contributed by atoms with van der Waals surface area (Å²) in [6.07, 6.45) is 0. The highest BCUT2D eigenvalue weighted by Crippen LogP contribution is 2.26. The normalized spacial score (nSPS) is 14.6. The molecule has 0 saturated carbocycles. The molecule has 0 unspecified atom stereocenters. The van der Waals surface area contributed by atoms with Gasteiger partial charge in [0.25, 0.3) is 0 Å². The van der Waals surface area contributed by atoms with Gasteiger partial charge in [-0.15, -0.1) is 0 Å². The number of para-hydroxylation sites is 1. The summed E-state index contributed by atoms with van der Waals surface area (Å²) in [5.41, 5.74) is 2.53. The lowest BCUT2D eigenvalue weighted by Crippen LogP contribution is -2.47. The van der Waals surface area contributed by atoms with Crippen molar-refractivity contribution in [2.24, 2.45) is 0 Å². The van der Waals surface area contributed by atoms with Gasteiger partial charge in [0.2, 0.25) is 0 Å². The van der Waals surface area contributed by atoms with Crippen LogP contribution in [0.25, 0.3) is 10.9 Å². The van der Waals surface area contributed by atoms with E-state index >= 15 is 0 Å². The van der Waals surface area contributed by atoms with Crippen molar-refractivity contribution in [1.82, 2.24) is 4.98 Å². The van der Waals surface area contributed by atoms with Gasteiger partial charge in [-0.25, -0.2) is 14.2 Å². The predicted octanol–water partition coefficient (Wildman–Crippen LogP) is 3.71. The number of fused-ring (bicyclic) bond motifs is 1. The SMILES string of the molecule is Cc1cc2ccccc2nc1N1CCN(c2ccc(C(=O)O)c(F)c2)CC1. The fourth-order valence-corrected chi connectivity index (χ4v) is 3.58. The Morgan fingerprint density at radius 1 is 1.04 bits per heavy atom. The summed E-state index contributed by atoms with van der Waals surface area (Å²) in [6.45, 7) is 5.06. The van der Waals surface area contributed by atoms with Crippen molar-refractivity contribution >= 4 is 28.4 Å². The Morgan fingerprint density at radius 2 is 1.74 bits per heavy atom. The Hall–Kier alpha value is -3.15. The Labute approximate surface area is 156 Å². The zero-order valence-corrected chi connectivity index (χ0v) is 15.0. The summed E-state index contributed by atoms with van der Waals surface area (Å²) in [6, 6.07) is 14.5. The van der Waals surface area contributed by atoms with Gasteiger partial charge < -0.3 is 14.9 Å². The summed E-state index contributed by atoms with van der Waals surface area (Å²) in [7, 11) is 0. The average Bonchev–Trinajstić information content (AvgIpc) is 2.67. The molecule has 1 aliphatic rings. The molecule has 138 valence electrons. The van der Waals surface area contributed by atoms with Crippen LogP contribution < -0.4 is 9.80 Å². The predicted molar refractivity (Wildman–Crippen MR) is 104 cm³/mol. The van der Waals surface area contributed by atoms with Crippen molar-refractivity contribution in [2.75, 3.05) is 36.0 Å². The average molecular weight is 365 g/mol. The van der Waals surface area contributed by atoms with E-state index in [1.54, 1.807) is 6.07 Å². The highest BCUT2D eigenvalue weighted by molar-refractivity contribution is 5.88. The smallest absolute Gasteiger partial charge is 0.338 e. The molecule has 1 N–H and O–H groups in total. The van der Waals surface area contributed by atoms with Gasteiger partial charge in [0.1, 0.15) is 11.6 Å². The van der Waals surface area contributed by atoms with Crippen molar-refractivity contribution in [3.63, 3.8) is 0 Å². The molecule has 5 nitrogen and oxygen atoms in total. The zero-order valence-electron chi connectivity index (χ0n) is 15.0. The van der Waals surface area contributed by atoms with Crippen LogP contribution >= 0.6 is 0 Å². The molecule has 6 heteroatoms.